The molecule has 0 unspecified atom stereocenters. The average molecular weight is 426 g/mol. The van der Waals surface area contributed by atoms with E-state index in [-0.39, 0.29) is 23.5 Å². The number of rotatable bonds is 6. The van der Waals surface area contributed by atoms with Crippen molar-refractivity contribution in [1.82, 2.24) is 9.21 Å². The van der Waals surface area contributed by atoms with E-state index in [1.807, 2.05) is 4.90 Å². The molecular formula is C20H31N3O5S. The molecule has 2 saturated heterocycles. The van der Waals surface area contributed by atoms with E-state index in [0.29, 0.717) is 50.5 Å². The van der Waals surface area contributed by atoms with E-state index in [1.54, 1.807) is 6.07 Å². The van der Waals surface area contributed by atoms with Gasteiger partial charge in [-0.1, -0.05) is 12.8 Å². The van der Waals surface area contributed by atoms with Crippen molar-refractivity contribution in [3.8, 4) is 5.75 Å². The van der Waals surface area contributed by atoms with E-state index in [2.05, 4.69) is 5.32 Å². The summed E-state index contributed by atoms with van der Waals surface area (Å²) in [7, 11) is -2.13. The Kier molecular flexibility index (Phi) is 7.50. The number of methoxy groups -OCH3 is 1. The number of likely N-dealkylation sites (tertiary alicyclic amines) is 1. The summed E-state index contributed by atoms with van der Waals surface area (Å²) in [6, 6.07) is 4.59. The van der Waals surface area contributed by atoms with E-state index in [4.69, 9.17) is 4.74 Å². The molecule has 0 bridgehead atoms. The molecule has 0 radical (unpaired) electrons. The molecule has 0 spiro atoms. The molecule has 2 heterocycles. The van der Waals surface area contributed by atoms with Gasteiger partial charge < -0.3 is 15.2 Å². The number of nitrogens with zero attached hydrogens (tertiary/aromatic N) is 2. The average Bonchev–Trinajstić information content (AvgIpc) is 3.00. The van der Waals surface area contributed by atoms with Gasteiger partial charge in [-0.2, -0.15) is 4.31 Å². The fourth-order valence-electron chi connectivity index (χ4n) is 3.85. The number of benzene rings is 1. The van der Waals surface area contributed by atoms with E-state index < -0.39 is 10.0 Å². The number of nitrogens with one attached hydrogen (secondary N) is 1. The highest BCUT2D eigenvalue weighted by Gasteiger charge is 2.26. The quantitative estimate of drug-likeness (QED) is 0.719. The van der Waals surface area contributed by atoms with Crippen LogP contribution in [0.3, 0.4) is 0 Å². The van der Waals surface area contributed by atoms with Gasteiger partial charge >= 0.3 is 0 Å². The second-order valence-electron chi connectivity index (χ2n) is 7.74. The highest BCUT2D eigenvalue weighted by atomic mass is 32.2. The van der Waals surface area contributed by atoms with Crippen molar-refractivity contribution in [3.05, 3.63) is 18.2 Å². The van der Waals surface area contributed by atoms with Gasteiger partial charge in [0, 0.05) is 26.2 Å². The molecule has 0 aliphatic carbocycles. The normalized spacial score (nSPS) is 20.2. The second-order valence-corrected chi connectivity index (χ2v) is 9.67. The summed E-state index contributed by atoms with van der Waals surface area (Å²) in [4.78, 5) is 14.6. The number of carbonyl (C=O) groups excluding carboxylic acids is 1. The number of anilines is 1. The Morgan fingerprint density at radius 2 is 1.79 bits per heavy atom. The van der Waals surface area contributed by atoms with Crippen LogP contribution in [0.15, 0.2) is 23.1 Å². The summed E-state index contributed by atoms with van der Waals surface area (Å²) in [6.07, 6.45) is 4.83. The predicted octanol–water partition coefficient (Wildman–Crippen LogP) is 1.66. The number of piperidine rings is 1. The highest BCUT2D eigenvalue weighted by Crippen LogP contribution is 2.30. The Morgan fingerprint density at radius 3 is 2.41 bits per heavy atom. The number of aliphatic hydroxyl groups excluding tert-OH is 1. The van der Waals surface area contributed by atoms with Crippen LogP contribution in [-0.4, -0.2) is 74.6 Å². The van der Waals surface area contributed by atoms with Crippen LogP contribution in [0.4, 0.5) is 5.69 Å². The molecule has 2 aliphatic rings. The Morgan fingerprint density at radius 1 is 1.14 bits per heavy atom. The van der Waals surface area contributed by atoms with Crippen molar-refractivity contribution in [2.45, 2.75) is 49.5 Å². The molecule has 8 nitrogen and oxygen atoms in total. The number of hydrogen-bond acceptors (Lipinski definition) is 6. The Bertz CT molecular complexity index is 798. The zero-order valence-electron chi connectivity index (χ0n) is 17.0. The minimum Gasteiger partial charge on any atom is -0.495 e. The number of amides is 1. The summed E-state index contributed by atoms with van der Waals surface area (Å²) in [5.41, 5.74) is 0.352. The number of sulfonamides is 1. The van der Waals surface area contributed by atoms with Gasteiger partial charge in [-0.3, -0.25) is 9.69 Å². The first-order valence-corrected chi connectivity index (χ1v) is 11.7. The van der Waals surface area contributed by atoms with Gasteiger partial charge in [-0.15, -0.1) is 0 Å². The first-order valence-electron chi connectivity index (χ1n) is 10.3. The second kappa shape index (κ2) is 9.88. The Labute approximate surface area is 172 Å². The van der Waals surface area contributed by atoms with Crippen molar-refractivity contribution in [2.75, 3.05) is 45.2 Å². The molecule has 9 heteroatoms. The van der Waals surface area contributed by atoms with Crippen molar-refractivity contribution in [1.29, 1.82) is 0 Å². The fraction of sp³-hybridized carbons (Fsp3) is 0.650. The first kappa shape index (κ1) is 22.0. The SMILES string of the molecule is COc1ccc(S(=O)(=O)N2CCCCCC2)cc1NC(=O)CN1CCC(O)CC1. The van der Waals surface area contributed by atoms with Crippen molar-refractivity contribution >= 4 is 21.6 Å². The van der Waals surface area contributed by atoms with Crippen molar-refractivity contribution in [2.24, 2.45) is 0 Å². The van der Waals surface area contributed by atoms with Crippen LogP contribution in [0.25, 0.3) is 0 Å². The molecule has 1 aromatic rings. The van der Waals surface area contributed by atoms with Gasteiger partial charge in [-0.05, 0) is 43.9 Å². The number of ether oxygens (including phenoxy) is 1. The third-order valence-corrected chi connectivity index (χ3v) is 7.47. The maximum absolute atomic E-state index is 13.1. The Balaban J connectivity index is 1.73. The monoisotopic (exact) mass is 425 g/mol. The zero-order valence-corrected chi connectivity index (χ0v) is 17.8. The van der Waals surface area contributed by atoms with E-state index in [9.17, 15) is 18.3 Å². The maximum atomic E-state index is 13.1. The Hall–Kier alpha value is -1.68. The smallest absolute Gasteiger partial charge is 0.243 e. The van der Waals surface area contributed by atoms with E-state index in [0.717, 1.165) is 25.7 Å². The van der Waals surface area contributed by atoms with Crippen molar-refractivity contribution < 1.29 is 23.1 Å². The first-order chi connectivity index (χ1) is 13.9. The molecule has 0 saturated carbocycles. The van der Waals surface area contributed by atoms with Gasteiger partial charge in [-0.25, -0.2) is 8.42 Å². The van der Waals surface area contributed by atoms with Crippen molar-refractivity contribution in [3.63, 3.8) is 0 Å². The van der Waals surface area contributed by atoms with E-state index in [1.165, 1.54) is 23.5 Å². The molecule has 0 aromatic heterocycles. The van der Waals surface area contributed by atoms with Crippen LogP contribution in [0.1, 0.15) is 38.5 Å². The van der Waals surface area contributed by atoms with Crippen LogP contribution in [-0.2, 0) is 14.8 Å². The van der Waals surface area contributed by atoms with Crippen LogP contribution in [0.2, 0.25) is 0 Å². The number of aliphatic hydroxyl groups is 1. The molecule has 1 aromatic carbocycles. The summed E-state index contributed by atoms with van der Waals surface area (Å²) in [6.45, 7) is 2.57. The predicted molar refractivity (Wildman–Crippen MR) is 111 cm³/mol. The lowest BCUT2D eigenvalue weighted by molar-refractivity contribution is -0.117. The lowest BCUT2D eigenvalue weighted by atomic mass is 10.1. The minimum atomic E-state index is -3.61. The lowest BCUT2D eigenvalue weighted by Gasteiger charge is -2.28. The number of carbonyl (C=O) groups is 1. The van der Waals surface area contributed by atoms with E-state index >= 15 is 0 Å². The maximum Gasteiger partial charge on any atom is 0.243 e. The summed E-state index contributed by atoms with van der Waals surface area (Å²) >= 11 is 0. The summed E-state index contributed by atoms with van der Waals surface area (Å²) < 4.78 is 33.0. The molecule has 2 fully saturated rings. The lowest BCUT2D eigenvalue weighted by Crippen LogP contribution is -2.40. The third-order valence-electron chi connectivity index (χ3n) is 5.57. The van der Waals surface area contributed by atoms with Gasteiger partial charge in [0.1, 0.15) is 5.75 Å². The van der Waals surface area contributed by atoms with Gasteiger partial charge in [0.25, 0.3) is 0 Å². The van der Waals surface area contributed by atoms with Gasteiger partial charge in [0.15, 0.2) is 0 Å². The molecule has 0 atom stereocenters. The molecule has 3 rings (SSSR count). The number of hydrogen-bond donors (Lipinski definition) is 2. The summed E-state index contributed by atoms with van der Waals surface area (Å²) in [5.74, 6) is 0.186. The van der Waals surface area contributed by atoms with Crippen LogP contribution < -0.4 is 10.1 Å². The van der Waals surface area contributed by atoms with Crippen LogP contribution in [0.5, 0.6) is 5.75 Å². The molecule has 162 valence electrons. The molecule has 2 aliphatic heterocycles. The third kappa shape index (κ3) is 5.69. The molecule has 29 heavy (non-hydrogen) atoms. The standard InChI is InChI=1S/C20H31N3O5S/c1-28-19-7-6-17(29(26,27)23-10-4-2-3-5-11-23)14-18(19)21-20(25)15-22-12-8-16(24)9-13-22/h6-7,14,16,24H,2-5,8-13,15H2,1H3,(H,21,25). The molecule has 1 amide bonds. The largest absolute Gasteiger partial charge is 0.495 e. The minimum absolute atomic E-state index is 0.164. The van der Waals surface area contributed by atoms with Crippen LogP contribution in [0, 0.1) is 0 Å². The highest BCUT2D eigenvalue weighted by molar-refractivity contribution is 7.89. The zero-order chi connectivity index (χ0) is 20.9. The summed E-state index contributed by atoms with van der Waals surface area (Å²) in [5, 5.41) is 12.4. The molecule has 2 N–H and O–H groups in total. The van der Waals surface area contributed by atoms with Gasteiger partial charge in [0.2, 0.25) is 15.9 Å². The fourth-order valence-corrected chi connectivity index (χ4v) is 5.39. The molecular weight excluding hydrogens is 394 g/mol. The van der Waals surface area contributed by atoms with Crippen LogP contribution >= 0.6 is 0 Å². The topological polar surface area (TPSA) is 99.2 Å². The van der Waals surface area contributed by atoms with Gasteiger partial charge in [0.05, 0.1) is 30.3 Å².